The summed E-state index contributed by atoms with van der Waals surface area (Å²) in [6.07, 6.45) is 11.1. The minimum absolute atomic E-state index is 0.893. The van der Waals surface area contributed by atoms with Gasteiger partial charge in [0.05, 0.1) is 5.69 Å². The molecule has 2 heteroatoms. The molecule has 0 aliphatic carbocycles. The van der Waals surface area contributed by atoms with Crippen molar-refractivity contribution in [2.24, 2.45) is 0 Å². The van der Waals surface area contributed by atoms with Crippen LogP contribution >= 0.6 is 0 Å². The molecule has 3 rings (SSSR count). The van der Waals surface area contributed by atoms with E-state index in [1.165, 1.54) is 11.1 Å². The van der Waals surface area contributed by atoms with Crippen LogP contribution in [0.3, 0.4) is 0 Å². The number of H-pyrrole nitrogens is 1. The molecule has 0 saturated carbocycles. The first kappa shape index (κ1) is 12.3. The number of nitrogens with zero attached hydrogens (tertiary/aromatic N) is 1. The maximum absolute atomic E-state index is 5.40. The van der Waals surface area contributed by atoms with Crippen LogP contribution in [-0.2, 0) is 0 Å². The summed E-state index contributed by atoms with van der Waals surface area (Å²) < 4.78 is 0. The number of pyridine rings is 1. The molecule has 3 aromatic rings. The summed E-state index contributed by atoms with van der Waals surface area (Å²) in [5.41, 5.74) is 6.62. The normalized spacial score (nSPS) is 10.2. The molecule has 0 bridgehead atoms. The molecule has 2 heterocycles. The Balaban J connectivity index is 2.14. The summed E-state index contributed by atoms with van der Waals surface area (Å²) in [5, 5.41) is 0. The Morgan fingerprint density at radius 3 is 2.55 bits per heavy atom. The van der Waals surface area contributed by atoms with E-state index >= 15 is 0 Å². The number of benzene rings is 1. The Morgan fingerprint density at radius 1 is 1.10 bits per heavy atom. The van der Waals surface area contributed by atoms with Crippen molar-refractivity contribution >= 4 is 0 Å². The van der Waals surface area contributed by atoms with E-state index in [2.05, 4.69) is 41.0 Å². The highest BCUT2D eigenvalue weighted by atomic mass is 14.7. The van der Waals surface area contributed by atoms with Crippen molar-refractivity contribution in [1.82, 2.24) is 9.97 Å². The van der Waals surface area contributed by atoms with Crippen molar-refractivity contribution in [3.63, 3.8) is 0 Å². The highest BCUT2D eigenvalue weighted by molar-refractivity contribution is 5.83. The molecule has 0 saturated heterocycles. The molecule has 1 N–H and O–H groups in total. The Labute approximate surface area is 118 Å². The minimum atomic E-state index is 0.893. The number of aromatic nitrogens is 2. The summed E-state index contributed by atoms with van der Waals surface area (Å²) in [4.78, 5) is 7.52. The molecule has 0 aliphatic heterocycles. The number of aryl methyl sites for hydroxylation is 1. The van der Waals surface area contributed by atoms with E-state index in [4.69, 9.17) is 6.42 Å². The van der Waals surface area contributed by atoms with Crippen LogP contribution in [0.2, 0.25) is 0 Å². The molecule has 1 aromatic carbocycles. The highest BCUT2D eigenvalue weighted by Crippen LogP contribution is 2.33. The van der Waals surface area contributed by atoms with Gasteiger partial charge in [-0.2, -0.15) is 0 Å². The molecule has 2 nitrogen and oxygen atoms in total. The predicted octanol–water partition coefficient (Wildman–Crippen LogP) is 4.03. The van der Waals surface area contributed by atoms with Crippen molar-refractivity contribution in [1.29, 1.82) is 0 Å². The lowest BCUT2D eigenvalue weighted by atomic mass is 9.98. The Hall–Kier alpha value is -2.79. The topological polar surface area (TPSA) is 28.7 Å². The van der Waals surface area contributed by atoms with Gasteiger partial charge < -0.3 is 4.98 Å². The molecule has 20 heavy (non-hydrogen) atoms. The standard InChI is InChI=1S/C18H14N2/c1-3-14-6-8-15(9-7-14)17-13(2)11-20-18(17)16-5-4-10-19-12-16/h1,4-12,20H,2H3. The third-order valence-electron chi connectivity index (χ3n) is 3.37. The van der Waals surface area contributed by atoms with Gasteiger partial charge in [-0.3, -0.25) is 4.98 Å². The van der Waals surface area contributed by atoms with Crippen LogP contribution in [0.1, 0.15) is 11.1 Å². The van der Waals surface area contributed by atoms with Crippen LogP contribution in [0.15, 0.2) is 55.0 Å². The van der Waals surface area contributed by atoms with Crippen molar-refractivity contribution < 1.29 is 0 Å². The van der Waals surface area contributed by atoms with Crippen LogP contribution in [0.5, 0.6) is 0 Å². The second-order valence-corrected chi connectivity index (χ2v) is 4.69. The van der Waals surface area contributed by atoms with E-state index in [9.17, 15) is 0 Å². The van der Waals surface area contributed by atoms with Gasteiger partial charge in [0, 0.05) is 35.3 Å². The summed E-state index contributed by atoms with van der Waals surface area (Å²) in [6.45, 7) is 2.10. The Bertz CT molecular complexity index is 759. The number of nitrogens with one attached hydrogen (secondary N) is 1. The van der Waals surface area contributed by atoms with Crippen LogP contribution in [-0.4, -0.2) is 9.97 Å². The minimum Gasteiger partial charge on any atom is -0.360 e. The van der Waals surface area contributed by atoms with E-state index < -0.39 is 0 Å². The number of terminal acetylenes is 1. The van der Waals surface area contributed by atoms with Gasteiger partial charge >= 0.3 is 0 Å². The van der Waals surface area contributed by atoms with Gasteiger partial charge in [-0.1, -0.05) is 18.1 Å². The molecule has 0 fully saturated rings. The van der Waals surface area contributed by atoms with E-state index in [1.54, 1.807) is 6.20 Å². The molecule has 0 amide bonds. The monoisotopic (exact) mass is 258 g/mol. The lowest BCUT2D eigenvalue weighted by Crippen LogP contribution is -1.85. The van der Waals surface area contributed by atoms with Crippen LogP contribution in [0, 0.1) is 19.3 Å². The third kappa shape index (κ3) is 2.10. The first-order chi connectivity index (χ1) is 9.79. The zero-order valence-electron chi connectivity index (χ0n) is 11.2. The lowest BCUT2D eigenvalue weighted by molar-refractivity contribution is 1.30. The van der Waals surface area contributed by atoms with E-state index in [0.29, 0.717) is 0 Å². The zero-order valence-corrected chi connectivity index (χ0v) is 11.2. The molecular formula is C18H14N2. The molecule has 96 valence electrons. The third-order valence-corrected chi connectivity index (χ3v) is 3.37. The average Bonchev–Trinajstić information content (AvgIpc) is 2.90. The second-order valence-electron chi connectivity index (χ2n) is 4.69. The van der Waals surface area contributed by atoms with Crippen molar-refractivity contribution in [3.05, 3.63) is 66.1 Å². The summed E-state index contributed by atoms with van der Waals surface area (Å²) >= 11 is 0. The quantitative estimate of drug-likeness (QED) is 0.691. The first-order valence-electron chi connectivity index (χ1n) is 6.45. The fourth-order valence-electron chi connectivity index (χ4n) is 2.37. The fourth-order valence-corrected chi connectivity index (χ4v) is 2.37. The number of hydrogen-bond donors (Lipinski definition) is 1. The van der Waals surface area contributed by atoms with E-state index in [-0.39, 0.29) is 0 Å². The molecule has 0 aliphatic rings. The van der Waals surface area contributed by atoms with Crippen molar-refractivity contribution in [2.45, 2.75) is 6.92 Å². The molecule has 2 aromatic heterocycles. The number of rotatable bonds is 2. The molecule has 0 atom stereocenters. The fraction of sp³-hybridized carbons (Fsp3) is 0.0556. The maximum Gasteiger partial charge on any atom is 0.0551 e. The second kappa shape index (κ2) is 5.07. The summed E-state index contributed by atoms with van der Waals surface area (Å²) in [5.74, 6) is 2.64. The van der Waals surface area contributed by atoms with E-state index in [0.717, 1.165) is 22.4 Å². The predicted molar refractivity (Wildman–Crippen MR) is 82.1 cm³/mol. The molecule has 0 spiro atoms. The highest BCUT2D eigenvalue weighted by Gasteiger charge is 2.12. The Kier molecular flexibility index (Phi) is 3.10. The molecule has 0 unspecified atom stereocenters. The SMILES string of the molecule is C#Cc1ccc(-c2c(C)c[nH]c2-c2cccnc2)cc1. The smallest absolute Gasteiger partial charge is 0.0551 e. The van der Waals surface area contributed by atoms with Crippen molar-refractivity contribution in [2.75, 3.05) is 0 Å². The van der Waals surface area contributed by atoms with Crippen LogP contribution in [0.4, 0.5) is 0 Å². The summed E-state index contributed by atoms with van der Waals surface area (Å²) in [6, 6.07) is 12.0. The van der Waals surface area contributed by atoms with Crippen LogP contribution < -0.4 is 0 Å². The van der Waals surface area contributed by atoms with Gasteiger partial charge in [-0.25, -0.2) is 0 Å². The van der Waals surface area contributed by atoms with Gasteiger partial charge in [-0.05, 0) is 42.3 Å². The van der Waals surface area contributed by atoms with Crippen LogP contribution in [0.25, 0.3) is 22.4 Å². The molecular weight excluding hydrogens is 244 g/mol. The van der Waals surface area contributed by atoms with Gasteiger partial charge in [0.15, 0.2) is 0 Å². The molecule has 0 radical (unpaired) electrons. The van der Waals surface area contributed by atoms with Gasteiger partial charge in [0.25, 0.3) is 0 Å². The number of hydrogen-bond acceptors (Lipinski definition) is 1. The zero-order chi connectivity index (χ0) is 13.9. The largest absolute Gasteiger partial charge is 0.360 e. The maximum atomic E-state index is 5.40. The van der Waals surface area contributed by atoms with Gasteiger partial charge in [-0.15, -0.1) is 6.42 Å². The Morgan fingerprint density at radius 2 is 1.90 bits per heavy atom. The van der Waals surface area contributed by atoms with E-state index in [1.807, 2.05) is 30.6 Å². The summed E-state index contributed by atoms with van der Waals surface area (Å²) in [7, 11) is 0. The van der Waals surface area contributed by atoms with Gasteiger partial charge in [0.2, 0.25) is 0 Å². The van der Waals surface area contributed by atoms with Crippen molar-refractivity contribution in [3.8, 4) is 34.7 Å². The average molecular weight is 258 g/mol. The first-order valence-corrected chi connectivity index (χ1v) is 6.45. The van der Waals surface area contributed by atoms with Gasteiger partial charge in [0.1, 0.15) is 0 Å². The lowest BCUT2D eigenvalue weighted by Gasteiger charge is -2.06. The number of aromatic amines is 1.